The highest BCUT2D eigenvalue weighted by molar-refractivity contribution is 6.51. The van der Waals surface area contributed by atoms with Gasteiger partial charge >= 0.3 is 7.12 Å². The molecule has 0 aromatic carbocycles. The minimum Gasteiger partial charge on any atom is -0.400 e. The van der Waals surface area contributed by atoms with E-state index in [0.29, 0.717) is 18.6 Å². The highest BCUT2D eigenvalue weighted by atomic mass is 16.7. The third-order valence-corrected chi connectivity index (χ3v) is 3.55. The van der Waals surface area contributed by atoms with Gasteiger partial charge in [-0.3, -0.25) is 4.79 Å². The molecule has 0 aromatic rings. The first-order valence-corrected chi connectivity index (χ1v) is 6.32. The maximum absolute atomic E-state index is 11.1. The van der Waals surface area contributed by atoms with Gasteiger partial charge in [0, 0.05) is 12.8 Å². The van der Waals surface area contributed by atoms with Crippen molar-refractivity contribution in [3.63, 3.8) is 0 Å². The Hall–Kier alpha value is -0.605. The molecule has 0 radical (unpaired) electrons. The Morgan fingerprint density at radius 2 is 1.71 bits per heavy atom. The van der Waals surface area contributed by atoms with E-state index >= 15 is 0 Å². The SMILES string of the molecule is CCC(=O)CC/C=C\B1OC(C)(C)C(C)(C)O1. The van der Waals surface area contributed by atoms with Crippen LogP contribution in [0.2, 0.25) is 0 Å². The molecule has 0 spiro atoms. The van der Waals surface area contributed by atoms with Crippen LogP contribution in [0.25, 0.3) is 0 Å². The van der Waals surface area contributed by atoms with Crippen LogP contribution in [-0.4, -0.2) is 24.1 Å². The summed E-state index contributed by atoms with van der Waals surface area (Å²) in [6.45, 7) is 10.0. The summed E-state index contributed by atoms with van der Waals surface area (Å²) in [7, 11) is -0.295. The quantitative estimate of drug-likeness (QED) is 0.691. The fourth-order valence-electron chi connectivity index (χ4n) is 1.60. The van der Waals surface area contributed by atoms with Crippen LogP contribution >= 0.6 is 0 Å². The number of rotatable bonds is 5. The molecule has 17 heavy (non-hydrogen) atoms. The number of allylic oxidation sites excluding steroid dienone is 1. The smallest absolute Gasteiger partial charge is 0.400 e. The minimum atomic E-state index is -0.295. The number of Topliss-reactive ketones (excluding diaryl/α,β-unsaturated/α-hetero) is 1. The molecule has 3 nitrogen and oxygen atoms in total. The first-order chi connectivity index (χ1) is 7.78. The molecule has 1 heterocycles. The van der Waals surface area contributed by atoms with E-state index < -0.39 is 0 Å². The molecule has 1 saturated heterocycles. The van der Waals surface area contributed by atoms with Crippen molar-refractivity contribution in [1.29, 1.82) is 0 Å². The molecule has 0 aromatic heterocycles. The molecular formula is C13H23BO3. The topological polar surface area (TPSA) is 35.5 Å². The lowest BCUT2D eigenvalue weighted by Gasteiger charge is -2.32. The average molecular weight is 238 g/mol. The molecular weight excluding hydrogens is 215 g/mol. The van der Waals surface area contributed by atoms with Gasteiger partial charge in [0.1, 0.15) is 5.78 Å². The van der Waals surface area contributed by atoms with Gasteiger partial charge in [-0.15, -0.1) is 0 Å². The van der Waals surface area contributed by atoms with E-state index in [1.54, 1.807) is 0 Å². The molecule has 1 fully saturated rings. The summed E-state index contributed by atoms with van der Waals surface area (Å²) in [6, 6.07) is 0. The van der Waals surface area contributed by atoms with E-state index in [2.05, 4.69) is 0 Å². The summed E-state index contributed by atoms with van der Waals surface area (Å²) in [5.74, 6) is 2.20. The monoisotopic (exact) mass is 238 g/mol. The zero-order valence-corrected chi connectivity index (χ0v) is 11.6. The third kappa shape index (κ3) is 3.68. The summed E-state index contributed by atoms with van der Waals surface area (Å²) in [5, 5.41) is 0. The molecule has 0 aliphatic carbocycles. The van der Waals surface area contributed by atoms with Crippen LogP contribution in [0.15, 0.2) is 12.1 Å². The molecule has 0 N–H and O–H groups in total. The summed E-state index contributed by atoms with van der Waals surface area (Å²) in [6.07, 6.45) is 3.95. The Morgan fingerprint density at radius 3 is 2.18 bits per heavy atom. The van der Waals surface area contributed by atoms with E-state index in [0.717, 1.165) is 6.42 Å². The number of hydrogen-bond acceptors (Lipinski definition) is 3. The summed E-state index contributed by atoms with van der Waals surface area (Å²) in [4.78, 5) is 11.1. The van der Waals surface area contributed by atoms with Crippen molar-refractivity contribution < 1.29 is 14.1 Å². The second kappa shape index (κ2) is 5.36. The normalized spacial score (nSPS) is 22.3. The molecule has 0 amide bonds. The lowest BCUT2D eigenvalue weighted by molar-refractivity contribution is -0.118. The zero-order valence-electron chi connectivity index (χ0n) is 11.6. The van der Waals surface area contributed by atoms with Crippen LogP contribution in [0.5, 0.6) is 0 Å². The second-order valence-electron chi connectivity index (χ2n) is 5.48. The number of carbonyl (C=O) groups is 1. The van der Waals surface area contributed by atoms with Crippen LogP contribution in [0, 0.1) is 0 Å². The lowest BCUT2D eigenvalue weighted by atomic mass is 9.89. The van der Waals surface area contributed by atoms with Crippen molar-refractivity contribution in [2.24, 2.45) is 0 Å². The number of hydrogen-bond donors (Lipinski definition) is 0. The Labute approximate surface area is 105 Å². The van der Waals surface area contributed by atoms with Crippen LogP contribution in [0.3, 0.4) is 0 Å². The van der Waals surface area contributed by atoms with Gasteiger partial charge in [-0.25, -0.2) is 0 Å². The lowest BCUT2D eigenvalue weighted by Crippen LogP contribution is -2.41. The molecule has 0 unspecified atom stereocenters. The van der Waals surface area contributed by atoms with E-state index in [1.807, 2.05) is 46.7 Å². The summed E-state index contributed by atoms with van der Waals surface area (Å²) < 4.78 is 11.6. The number of carbonyl (C=O) groups excluding carboxylic acids is 1. The Kier molecular flexibility index (Phi) is 4.56. The molecule has 0 saturated carbocycles. The van der Waals surface area contributed by atoms with Gasteiger partial charge in [0.2, 0.25) is 0 Å². The molecule has 0 bridgehead atoms. The fourth-order valence-corrected chi connectivity index (χ4v) is 1.60. The van der Waals surface area contributed by atoms with Crippen molar-refractivity contribution in [1.82, 2.24) is 0 Å². The first kappa shape index (κ1) is 14.5. The summed E-state index contributed by atoms with van der Waals surface area (Å²) >= 11 is 0. The van der Waals surface area contributed by atoms with Crippen LogP contribution in [-0.2, 0) is 14.1 Å². The highest BCUT2D eigenvalue weighted by Crippen LogP contribution is 2.36. The van der Waals surface area contributed by atoms with E-state index in [9.17, 15) is 4.79 Å². The van der Waals surface area contributed by atoms with Gasteiger partial charge in [0.15, 0.2) is 0 Å². The van der Waals surface area contributed by atoms with Crippen molar-refractivity contribution in [2.45, 2.75) is 65.1 Å². The number of ketones is 1. The van der Waals surface area contributed by atoms with Gasteiger partial charge in [-0.05, 0) is 34.1 Å². The summed E-state index contributed by atoms with van der Waals surface area (Å²) in [5.41, 5.74) is -0.581. The molecule has 1 aliphatic heterocycles. The predicted molar refractivity (Wildman–Crippen MR) is 69.8 cm³/mol. The van der Waals surface area contributed by atoms with Crippen molar-refractivity contribution in [3.05, 3.63) is 12.1 Å². The van der Waals surface area contributed by atoms with Crippen molar-refractivity contribution in [3.8, 4) is 0 Å². The van der Waals surface area contributed by atoms with Gasteiger partial charge in [0.05, 0.1) is 11.2 Å². The molecule has 4 heteroatoms. The maximum Gasteiger partial charge on any atom is 0.486 e. The predicted octanol–water partition coefficient (Wildman–Crippen LogP) is 2.93. The maximum atomic E-state index is 11.1. The molecule has 1 aliphatic rings. The van der Waals surface area contributed by atoms with Crippen LogP contribution < -0.4 is 0 Å². The average Bonchev–Trinajstić information content (AvgIpc) is 2.42. The van der Waals surface area contributed by atoms with Gasteiger partial charge in [-0.2, -0.15) is 0 Å². The molecule has 0 atom stereocenters. The van der Waals surface area contributed by atoms with E-state index in [-0.39, 0.29) is 18.3 Å². The van der Waals surface area contributed by atoms with Gasteiger partial charge in [-0.1, -0.05) is 19.0 Å². The molecule has 1 rings (SSSR count). The molecule has 96 valence electrons. The zero-order chi connectivity index (χ0) is 13.1. The standard InChI is InChI=1S/C13H23BO3/c1-6-11(15)9-7-8-10-14-16-12(2,3)13(4,5)17-14/h8,10H,6-7,9H2,1-5H3/b10-8-. The largest absolute Gasteiger partial charge is 0.486 e. The van der Waals surface area contributed by atoms with Crippen LogP contribution in [0.4, 0.5) is 0 Å². The first-order valence-electron chi connectivity index (χ1n) is 6.32. The third-order valence-electron chi connectivity index (χ3n) is 3.55. The van der Waals surface area contributed by atoms with Crippen molar-refractivity contribution >= 4 is 12.9 Å². The highest BCUT2D eigenvalue weighted by Gasteiger charge is 2.49. The van der Waals surface area contributed by atoms with Crippen molar-refractivity contribution in [2.75, 3.05) is 0 Å². The Bertz CT molecular complexity index is 292. The minimum absolute atomic E-state index is 0.290. The fraction of sp³-hybridized carbons (Fsp3) is 0.769. The van der Waals surface area contributed by atoms with Gasteiger partial charge < -0.3 is 9.31 Å². The van der Waals surface area contributed by atoms with E-state index in [4.69, 9.17) is 9.31 Å². The Balaban J connectivity index is 2.40. The van der Waals surface area contributed by atoms with Crippen LogP contribution in [0.1, 0.15) is 53.9 Å². The second-order valence-corrected chi connectivity index (χ2v) is 5.48. The van der Waals surface area contributed by atoms with E-state index in [1.165, 1.54) is 0 Å². The Morgan fingerprint density at radius 1 is 1.18 bits per heavy atom. The van der Waals surface area contributed by atoms with Gasteiger partial charge in [0.25, 0.3) is 0 Å².